The van der Waals surface area contributed by atoms with Crippen molar-refractivity contribution >= 4 is 29.4 Å². The molecule has 0 spiro atoms. The number of nitrogens with zero attached hydrogens (tertiary/aromatic N) is 1. The van der Waals surface area contributed by atoms with Gasteiger partial charge in [-0.3, -0.25) is 24.0 Å². The highest BCUT2D eigenvalue weighted by atomic mass is 19.4. The maximum atomic E-state index is 14.0. The number of halogens is 4. The number of alkyl halides is 3. The van der Waals surface area contributed by atoms with E-state index in [0.717, 1.165) is 31.7 Å². The lowest BCUT2D eigenvalue weighted by molar-refractivity contribution is -0.144. The first-order chi connectivity index (χ1) is 19.9. The van der Waals surface area contributed by atoms with E-state index in [2.05, 4.69) is 16.0 Å². The molecule has 1 aromatic carbocycles. The Balaban J connectivity index is 1.28. The number of nitrogens with one attached hydrogen (secondary N) is 3. The highest BCUT2D eigenvalue weighted by Gasteiger charge is 2.50. The molecule has 5 atom stereocenters. The van der Waals surface area contributed by atoms with Gasteiger partial charge in [0.2, 0.25) is 17.6 Å². The number of likely N-dealkylation sites (tertiary alicyclic amines) is 1. The Morgan fingerprint density at radius 2 is 1.86 bits per heavy atom. The number of Topliss-reactive ketones (excluding diaryl/α,β-unsaturated/α-hetero) is 1. The highest BCUT2D eigenvalue weighted by Crippen LogP contribution is 2.42. The van der Waals surface area contributed by atoms with Gasteiger partial charge in [-0.05, 0) is 62.5 Å². The number of ether oxygens (including phenoxy) is 1. The Morgan fingerprint density at radius 3 is 2.50 bits per heavy atom. The molecule has 2 aliphatic heterocycles. The van der Waals surface area contributed by atoms with E-state index >= 15 is 0 Å². The maximum absolute atomic E-state index is 14.0. The van der Waals surface area contributed by atoms with Crippen molar-refractivity contribution in [2.75, 3.05) is 19.7 Å². The van der Waals surface area contributed by atoms with Crippen LogP contribution >= 0.6 is 0 Å². The summed E-state index contributed by atoms with van der Waals surface area (Å²) in [6, 6.07) is -0.364. The first-order valence-corrected chi connectivity index (χ1v) is 14.1. The first-order valence-electron chi connectivity index (χ1n) is 14.1. The van der Waals surface area contributed by atoms with E-state index in [-0.39, 0.29) is 42.5 Å². The Bertz CT molecular complexity index is 1270. The van der Waals surface area contributed by atoms with Gasteiger partial charge in [0.15, 0.2) is 6.61 Å². The smallest absolute Gasteiger partial charge is 0.419 e. The second-order valence-corrected chi connectivity index (χ2v) is 11.5. The average Bonchev–Trinajstić information content (AvgIpc) is 3.28. The summed E-state index contributed by atoms with van der Waals surface area (Å²) in [6.45, 7) is 0.00463. The lowest BCUT2D eigenvalue weighted by atomic mass is 9.91. The minimum absolute atomic E-state index is 0.0149. The van der Waals surface area contributed by atoms with Crippen LogP contribution in [0.4, 0.5) is 17.6 Å². The van der Waals surface area contributed by atoms with Gasteiger partial charge in [0.1, 0.15) is 17.6 Å². The molecule has 0 aromatic heterocycles. The number of carbonyl (C=O) groups excluding carboxylic acids is 5. The van der Waals surface area contributed by atoms with Crippen molar-refractivity contribution in [1.29, 1.82) is 0 Å². The number of ketones is 1. The molecule has 3 N–H and O–H groups in total. The molecular formula is C28H32F4N4O6. The first kappa shape index (κ1) is 29.8. The summed E-state index contributed by atoms with van der Waals surface area (Å²) in [5.41, 5.74) is -1.46. The van der Waals surface area contributed by atoms with Crippen molar-refractivity contribution in [2.24, 2.45) is 17.8 Å². The molecular weight excluding hydrogens is 564 g/mol. The minimum Gasteiger partial charge on any atom is -0.484 e. The number of amides is 4. The summed E-state index contributed by atoms with van der Waals surface area (Å²) in [5.74, 6) is -5.80. The monoisotopic (exact) mass is 596 g/mol. The molecule has 2 aliphatic carbocycles. The minimum atomic E-state index is -4.88. The number of fused-ring (bicyclic) bond motifs is 1. The van der Waals surface area contributed by atoms with Crippen molar-refractivity contribution in [1.82, 2.24) is 20.9 Å². The van der Waals surface area contributed by atoms with Crippen molar-refractivity contribution in [3.8, 4) is 5.75 Å². The summed E-state index contributed by atoms with van der Waals surface area (Å²) < 4.78 is 57.8. The molecule has 4 amide bonds. The predicted molar refractivity (Wildman–Crippen MR) is 137 cm³/mol. The molecule has 0 unspecified atom stereocenters. The second kappa shape index (κ2) is 11.9. The van der Waals surface area contributed by atoms with Gasteiger partial charge in [0.25, 0.3) is 11.8 Å². The molecule has 228 valence electrons. The van der Waals surface area contributed by atoms with Crippen LogP contribution in [0.5, 0.6) is 5.75 Å². The summed E-state index contributed by atoms with van der Waals surface area (Å²) in [5, 5.41) is 7.95. The summed E-state index contributed by atoms with van der Waals surface area (Å²) in [6.07, 6.45) is -0.715. The maximum Gasteiger partial charge on any atom is 0.419 e. The zero-order valence-corrected chi connectivity index (χ0v) is 22.7. The molecule has 1 aromatic rings. The lowest BCUT2D eigenvalue weighted by Gasteiger charge is -2.29. The number of carbonyl (C=O) groups is 5. The van der Waals surface area contributed by atoms with Crippen LogP contribution in [0.2, 0.25) is 0 Å². The Kier molecular flexibility index (Phi) is 8.42. The molecule has 5 rings (SSSR count). The van der Waals surface area contributed by atoms with Gasteiger partial charge >= 0.3 is 6.18 Å². The van der Waals surface area contributed by atoms with E-state index in [1.54, 1.807) is 0 Å². The standard InChI is InChI=1S/C28H32F4N4O6/c29-20-11-17(6-7-19(20)28(30,31)32)42-13-22(37)36-12-15-2-1-3-18(15)23(36)26(40)35-21(10-14-8-9-33-25(14)39)24(38)27(41)34-16-4-5-16/h6-7,11,14-16,18,21,23H,1-5,8-10,12-13H2,(H,33,39)(H,34,41)(H,35,40)/t14-,15-,18-,21-,23-/m0/s1. The van der Waals surface area contributed by atoms with E-state index in [9.17, 15) is 41.5 Å². The normalized spacial score (nSPS) is 25.9. The zero-order chi connectivity index (χ0) is 30.2. The van der Waals surface area contributed by atoms with Crippen LogP contribution in [0.3, 0.4) is 0 Å². The number of hydrogen-bond donors (Lipinski definition) is 3. The van der Waals surface area contributed by atoms with Gasteiger partial charge in [-0.25, -0.2) is 4.39 Å². The van der Waals surface area contributed by atoms with Gasteiger partial charge < -0.3 is 25.6 Å². The molecule has 2 saturated heterocycles. The largest absolute Gasteiger partial charge is 0.484 e. The third-order valence-electron chi connectivity index (χ3n) is 8.54. The summed E-state index contributed by atoms with van der Waals surface area (Å²) in [4.78, 5) is 66.1. The Morgan fingerprint density at radius 1 is 1.10 bits per heavy atom. The van der Waals surface area contributed by atoms with Gasteiger partial charge in [-0.2, -0.15) is 13.2 Å². The van der Waals surface area contributed by atoms with E-state index in [1.807, 2.05) is 0 Å². The Hall–Kier alpha value is -3.71. The Labute approximate surface area is 238 Å². The fourth-order valence-corrected chi connectivity index (χ4v) is 6.23. The van der Waals surface area contributed by atoms with Gasteiger partial charge in [-0.1, -0.05) is 6.42 Å². The predicted octanol–water partition coefficient (Wildman–Crippen LogP) is 1.71. The summed E-state index contributed by atoms with van der Waals surface area (Å²) >= 11 is 0. The van der Waals surface area contributed by atoms with Gasteiger partial charge in [0.05, 0.1) is 11.6 Å². The third kappa shape index (κ3) is 6.51. The molecule has 14 heteroatoms. The van der Waals surface area contributed by atoms with Crippen LogP contribution in [0.25, 0.3) is 0 Å². The van der Waals surface area contributed by atoms with Gasteiger partial charge in [-0.15, -0.1) is 0 Å². The molecule has 42 heavy (non-hydrogen) atoms. The molecule has 4 aliphatic rings. The van der Waals surface area contributed by atoms with Crippen LogP contribution in [-0.4, -0.2) is 72.1 Å². The topological polar surface area (TPSA) is 134 Å². The van der Waals surface area contributed by atoms with Crippen molar-refractivity contribution in [3.05, 3.63) is 29.6 Å². The van der Waals surface area contributed by atoms with Crippen LogP contribution in [0.15, 0.2) is 18.2 Å². The van der Waals surface area contributed by atoms with E-state index in [4.69, 9.17) is 4.74 Å². The SMILES string of the molecule is O=C(NC1CC1)C(=O)[C@H](C[C@@H]1CCNC1=O)NC(=O)[C@@H]1[C@H]2CCC[C@H]2CN1C(=O)COc1ccc(C(F)(F)F)c(F)c1. The molecule has 0 radical (unpaired) electrons. The van der Waals surface area contributed by atoms with Gasteiger partial charge in [0, 0.05) is 31.1 Å². The molecule has 4 fully saturated rings. The van der Waals surface area contributed by atoms with Crippen LogP contribution in [-0.2, 0) is 30.1 Å². The van der Waals surface area contributed by atoms with Crippen LogP contribution in [0, 0.1) is 23.6 Å². The van der Waals surface area contributed by atoms with E-state index in [0.29, 0.717) is 31.5 Å². The third-order valence-corrected chi connectivity index (χ3v) is 8.54. The summed E-state index contributed by atoms with van der Waals surface area (Å²) in [7, 11) is 0. The number of rotatable bonds is 10. The van der Waals surface area contributed by atoms with E-state index < -0.39 is 65.7 Å². The highest BCUT2D eigenvalue weighted by molar-refractivity contribution is 6.38. The second-order valence-electron chi connectivity index (χ2n) is 11.5. The fraction of sp³-hybridized carbons (Fsp3) is 0.607. The average molecular weight is 597 g/mol. The van der Waals surface area contributed by atoms with E-state index in [1.165, 1.54) is 4.90 Å². The van der Waals surface area contributed by atoms with Crippen LogP contribution < -0.4 is 20.7 Å². The van der Waals surface area contributed by atoms with Crippen molar-refractivity contribution < 1.29 is 46.3 Å². The fourth-order valence-electron chi connectivity index (χ4n) is 6.23. The van der Waals surface area contributed by atoms with Crippen LogP contribution in [0.1, 0.15) is 50.5 Å². The van der Waals surface area contributed by atoms with Crippen molar-refractivity contribution in [3.63, 3.8) is 0 Å². The molecule has 0 bridgehead atoms. The number of benzene rings is 1. The molecule has 2 saturated carbocycles. The molecule has 10 nitrogen and oxygen atoms in total. The quantitative estimate of drug-likeness (QED) is 0.278. The molecule has 2 heterocycles. The number of hydrogen-bond acceptors (Lipinski definition) is 6. The lowest BCUT2D eigenvalue weighted by Crippen LogP contribution is -2.55. The van der Waals surface area contributed by atoms with Crippen molar-refractivity contribution in [2.45, 2.75) is 69.2 Å². The zero-order valence-electron chi connectivity index (χ0n) is 22.7.